The van der Waals surface area contributed by atoms with Gasteiger partial charge in [0.1, 0.15) is 5.75 Å². The van der Waals surface area contributed by atoms with Crippen molar-refractivity contribution in [1.29, 1.82) is 0 Å². The monoisotopic (exact) mass is 375 g/mol. The van der Waals surface area contributed by atoms with Gasteiger partial charge in [-0.05, 0) is 51.0 Å². The molecule has 0 saturated carbocycles. The second-order valence-corrected chi connectivity index (χ2v) is 7.63. The summed E-state index contributed by atoms with van der Waals surface area (Å²) in [6.45, 7) is 0.515. The van der Waals surface area contributed by atoms with Crippen LogP contribution in [0.1, 0.15) is 15.2 Å². The molecule has 1 N–H and O–H groups in total. The number of nitrogens with zero attached hydrogens (tertiary/aromatic N) is 1. The highest BCUT2D eigenvalue weighted by atomic mass is 79.9. The van der Waals surface area contributed by atoms with Crippen molar-refractivity contribution >= 4 is 43.9 Å². The van der Waals surface area contributed by atoms with Crippen LogP contribution in [-0.4, -0.2) is 23.0 Å². The molecule has 1 aromatic heterocycles. The molecule has 3 aromatic rings. The second kappa shape index (κ2) is 6.10. The number of amides is 1. The van der Waals surface area contributed by atoms with Gasteiger partial charge >= 0.3 is 0 Å². The van der Waals surface area contributed by atoms with E-state index < -0.39 is 0 Å². The molecule has 5 heteroatoms. The third-order valence-corrected chi connectivity index (χ3v) is 5.07. The van der Waals surface area contributed by atoms with Gasteiger partial charge in [0.25, 0.3) is 5.91 Å². The van der Waals surface area contributed by atoms with E-state index in [1.807, 2.05) is 36.4 Å². The summed E-state index contributed by atoms with van der Waals surface area (Å²) in [6, 6.07) is 15.0. The number of halogens is 1. The normalized spacial score (nSPS) is 10.8. The van der Waals surface area contributed by atoms with Gasteiger partial charge in [-0.25, -0.2) is 0 Å². The van der Waals surface area contributed by atoms with Gasteiger partial charge in [-0.15, -0.1) is 11.3 Å². The maximum Gasteiger partial charge on any atom is 0.257 e. The van der Waals surface area contributed by atoms with E-state index in [2.05, 4.69) is 15.9 Å². The fourth-order valence-electron chi connectivity index (χ4n) is 2.35. The van der Waals surface area contributed by atoms with Crippen molar-refractivity contribution in [3.05, 3.63) is 62.8 Å². The average molecular weight is 376 g/mol. The first kappa shape index (κ1) is 15.1. The van der Waals surface area contributed by atoms with Gasteiger partial charge in [-0.3, -0.25) is 4.79 Å². The van der Waals surface area contributed by atoms with Crippen molar-refractivity contribution in [2.24, 2.45) is 0 Å². The zero-order valence-electron chi connectivity index (χ0n) is 11.9. The zero-order valence-corrected chi connectivity index (χ0v) is 14.3. The zero-order chi connectivity index (χ0) is 15.7. The second-order valence-electron chi connectivity index (χ2n) is 5.08. The number of carbonyl (C=O) groups is 1. The van der Waals surface area contributed by atoms with E-state index in [4.69, 9.17) is 0 Å². The number of carbonyl (C=O) groups excluding carboxylic acids is 1. The molecule has 0 radical (unpaired) electrons. The van der Waals surface area contributed by atoms with Gasteiger partial charge in [-0.1, -0.05) is 24.3 Å². The number of aromatic hydroxyl groups is 1. The molecule has 1 heterocycles. The molecule has 0 aliphatic rings. The molecule has 0 bridgehead atoms. The highest BCUT2D eigenvalue weighted by molar-refractivity contribution is 9.11. The van der Waals surface area contributed by atoms with Gasteiger partial charge in [0.05, 0.1) is 15.9 Å². The topological polar surface area (TPSA) is 40.5 Å². The van der Waals surface area contributed by atoms with Crippen LogP contribution in [-0.2, 0) is 6.54 Å². The van der Waals surface area contributed by atoms with Crippen LogP contribution in [0, 0.1) is 0 Å². The number of fused-ring (bicyclic) bond motifs is 1. The number of phenolic OH excluding ortho intramolecular Hbond substituents is 1. The van der Waals surface area contributed by atoms with E-state index in [0.717, 1.165) is 19.4 Å². The van der Waals surface area contributed by atoms with E-state index in [1.54, 1.807) is 35.4 Å². The van der Waals surface area contributed by atoms with Crippen molar-refractivity contribution < 1.29 is 9.90 Å². The SMILES string of the molecule is CN(Cc1ccc(Br)s1)C(=O)c1cc2ccccc2cc1O. The van der Waals surface area contributed by atoms with Crippen LogP contribution in [0.15, 0.2) is 52.3 Å². The number of hydrogen-bond donors (Lipinski definition) is 1. The Bertz CT molecular complexity index is 844. The Morgan fingerprint density at radius 2 is 1.86 bits per heavy atom. The van der Waals surface area contributed by atoms with Crippen molar-refractivity contribution in [3.63, 3.8) is 0 Å². The Kier molecular flexibility index (Phi) is 4.18. The molecule has 22 heavy (non-hydrogen) atoms. The summed E-state index contributed by atoms with van der Waals surface area (Å²) in [5, 5.41) is 12.0. The Morgan fingerprint density at radius 1 is 1.18 bits per heavy atom. The van der Waals surface area contributed by atoms with Gasteiger partial charge < -0.3 is 10.0 Å². The molecule has 0 aliphatic heterocycles. The highest BCUT2D eigenvalue weighted by Gasteiger charge is 2.17. The number of phenols is 1. The first-order chi connectivity index (χ1) is 10.5. The molecule has 0 saturated heterocycles. The van der Waals surface area contributed by atoms with Crippen LogP contribution in [0.3, 0.4) is 0 Å². The fraction of sp³-hybridized carbons (Fsp3) is 0.118. The predicted octanol–water partition coefficient (Wildman–Crippen LogP) is 4.64. The summed E-state index contributed by atoms with van der Waals surface area (Å²) in [5.74, 6) is -0.171. The molecule has 0 fully saturated rings. The van der Waals surface area contributed by atoms with Crippen LogP contribution >= 0.6 is 27.3 Å². The van der Waals surface area contributed by atoms with E-state index in [-0.39, 0.29) is 11.7 Å². The molecule has 2 aromatic carbocycles. The summed E-state index contributed by atoms with van der Waals surface area (Å²) in [5.41, 5.74) is 0.330. The molecule has 0 unspecified atom stereocenters. The average Bonchev–Trinajstić information content (AvgIpc) is 2.91. The van der Waals surface area contributed by atoms with Gasteiger partial charge in [0.2, 0.25) is 0 Å². The van der Waals surface area contributed by atoms with Crippen molar-refractivity contribution in [3.8, 4) is 5.75 Å². The highest BCUT2D eigenvalue weighted by Crippen LogP contribution is 2.27. The minimum atomic E-state index is -0.187. The number of thiophene rings is 1. The van der Waals surface area contributed by atoms with E-state index in [9.17, 15) is 9.90 Å². The smallest absolute Gasteiger partial charge is 0.257 e. The molecule has 0 spiro atoms. The lowest BCUT2D eigenvalue weighted by molar-refractivity contribution is 0.0783. The van der Waals surface area contributed by atoms with Crippen LogP contribution in [0.4, 0.5) is 0 Å². The lowest BCUT2D eigenvalue weighted by Gasteiger charge is -2.17. The third-order valence-electron chi connectivity index (χ3n) is 3.46. The summed E-state index contributed by atoms with van der Waals surface area (Å²) in [6.07, 6.45) is 0. The van der Waals surface area contributed by atoms with Crippen molar-refractivity contribution in [1.82, 2.24) is 4.90 Å². The fourth-order valence-corrected chi connectivity index (χ4v) is 3.88. The Balaban J connectivity index is 1.89. The summed E-state index contributed by atoms with van der Waals surface area (Å²) in [4.78, 5) is 15.3. The van der Waals surface area contributed by atoms with E-state index in [0.29, 0.717) is 12.1 Å². The first-order valence-corrected chi connectivity index (χ1v) is 8.37. The number of rotatable bonds is 3. The Morgan fingerprint density at radius 3 is 2.50 bits per heavy atom. The van der Waals surface area contributed by atoms with Crippen LogP contribution in [0.25, 0.3) is 10.8 Å². The maximum absolute atomic E-state index is 12.6. The van der Waals surface area contributed by atoms with Crippen LogP contribution < -0.4 is 0 Å². The third kappa shape index (κ3) is 3.00. The van der Waals surface area contributed by atoms with Gasteiger partial charge in [0.15, 0.2) is 0 Å². The minimum absolute atomic E-state index is 0.0166. The predicted molar refractivity (Wildman–Crippen MR) is 93.4 cm³/mol. The molecule has 3 rings (SSSR count). The van der Waals surface area contributed by atoms with Crippen LogP contribution in [0.5, 0.6) is 5.75 Å². The lowest BCUT2D eigenvalue weighted by Crippen LogP contribution is -2.25. The minimum Gasteiger partial charge on any atom is -0.507 e. The first-order valence-electron chi connectivity index (χ1n) is 6.76. The summed E-state index contributed by atoms with van der Waals surface area (Å²) >= 11 is 5.01. The number of benzene rings is 2. The van der Waals surface area contributed by atoms with E-state index >= 15 is 0 Å². The molecule has 3 nitrogen and oxygen atoms in total. The molecule has 112 valence electrons. The Labute approximate surface area is 140 Å². The molecular formula is C17H14BrNO2S. The number of hydrogen-bond acceptors (Lipinski definition) is 3. The Hall–Kier alpha value is -1.85. The largest absolute Gasteiger partial charge is 0.507 e. The summed E-state index contributed by atoms with van der Waals surface area (Å²) in [7, 11) is 1.74. The molecule has 0 aliphatic carbocycles. The standard InChI is InChI=1S/C17H14BrNO2S/c1-19(10-13-6-7-16(18)22-13)17(21)14-8-11-4-2-3-5-12(11)9-15(14)20/h2-9,20H,10H2,1H3. The summed E-state index contributed by atoms with van der Waals surface area (Å²) < 4.78 is 1.04. The maximum atomic E-state index is 12.6. The van der Waals surface area contributed by atoms with Gasteiger partial charge in [0, 0.05) is 11.9 Å². The molecule has 0 atom stereocenters. The van der Waals surface area contributed by atoms with Crippen LogP contribution in [0.2, 0.25) is 0 Å². The van der Waals surface area contributed by atoms with Crippen molar-refractivity contribution in [2.45, 2.75) is 6.54 Å². The quantitative estimate of drug-likeness (QED) is 0.724. The lowest BCUT2D eigenvalue weighted by atomic mass is 10.1. The van der Waals surface area contributed by atoms with E-state index in [1.165, 1.54) is 0 Å². The molecule has 1 amide bonds. The molecular weight excluding hydrogens is 362 g/mol. The van der Waals surface area contributed by atoms with Crippen molar-refractivity contribution in [2.75, 3.05) is 7.05 Å². The van der Waals surface area contributed by atoms with Gasteiger partial charge in [-0.2, -0.15) is 0 Å².